The molecule has 1 saturated heterocycles. The first-order valence-electron chi connectivity index (χ1n) is 6.18. The van der Waals surface area contributed by atoms with E-state index in [1.807, 2.05) is 0 Å². The minimum atomic E-state index is -0.460. The fourth-order valence-electron chi connectivity index (χ4n) is 2.02. The van der Waals surface area contributed by atoms with E-state index in [2.05, 4.69) is 0 Å². The topological polar surface area (TPSA) is 89.4 Å². The molecule has 1 fully saturated rings. The van der Waals surface area contributed by atoms with E-state index in [1.165, 1.54) is 6.08 Å². The minimum Gasteiger partial charge on any atom is -0.366 e. The van der Waals surface area contributed by atoms with E-state index < -0.39 is 5.91 Å². The van der Waals surface area contributed by atoms with Crippen LogP contribution in [0.3, 0.4) is 0 Å². The summed E-state index contributed by atoms with van der Waals surface area (Å²) in [4.78, 5) is 24.5. The van der Waals surface area contributed by atoms with Gasteiger partial charge in [-0.15, -0.1) is 0 Å². The Balaban J connectivity index is 1.98. The van der Waals surface area contributed by atoms with Gasteiger partial charge < -0.3 is 16.4 Å². The summed E-state index contributed by atoms with van der Waals surface area (Å²) in [6, 6.07) is 6.86. The summed E-state index contributed by atoms with van der Waals surface area (Å²) >= 11 is 0. The molecule has 1 aromatic rings. The van der Waals surface area contributed by atoms with Crippen molar-refractivity contribution in [1.29, 1.82) is 0 Å². The molecule has 1 heterocycles. The summed E-state index contributed by atoms with van der Waals surface area (Å²) in [5.74, 6) is -0.496. The van der Waals surface area contributed by atoms with Gasteiger partial charge in [0.25, 0.3) is 0 Å². The highest BCUT2D eigenvalue weighted by molar-refractivity contribution is 5.94. The summed E-state index contributed by atoms with van der Waals surface area (Å²) in [6.45, 7) is 1.33. The number of benzene rings is 1. The molecule has 0 aromatic heterocycles. The molecule has 0 radical (unpaired) electrons. The predicted octanol–water partition coefficient (Wildman–Crippen LogP) is 0.358. The van der Waals surface area contributed by atoms with Gasteiger partial charge in [0.15, 0.2) is 0 Å². The van der Waals surface area contributed by atoms with Crippen LogP contribution in [-0.2, 0) is 4.79 Å². The van der Waals surface area contributed by atoms with Crippen molar-refractivity contribution in [1.82, 2.24) is 4.90 Å². The second-order valence-electron chi connectivity index (χ2n) is 4.65. The number of hydrogen-bond donors (Lipinski definition) is 2. The molecule has 5 heteroatoms. The van der Waals surface area contributed by atoms with Crippen LogP contribution in [0.1, 0.15) is 22.3 Å². The molecule has 0 bridgehead atoms. The Kier molecular flexibility index (Phi) is 3.97. The highest BCUT2D eigenvalue weighted by Crippen LogP contribution is 2.09. The highest BCUT2D eigenvalue weighted by atomic mass is 16.2. The molecule has 0 unspecified atom stereocenters. The second kappa shape index (κ2) is 5.67. The van der Waals surface area contributed by atoms with Gasteiger partial charge in [0.05, 0.1) is 0 Å². The molecule has 1 atom stereocenters. The van der Waals surface area contributed by atoms with Crippen LogP contribution in [0.5, 0.6) is 0 Å². The Labute approximate surface area is 111 Å². The van der Waals surface area contributed by atoms with E-state index in [9.17, 15) is 9.59 Å². The molecule has 0 saturated carbocycles. The maximum atomic E-state index is 11.8. The molecule has 0 aliphatic carbocycles. The van der Waals surface area contributed by atoms with Crippen molar-refractivity contribution >= 4 is 17.9 Å². The van der Waals surface area contributed by atoms with Crippen LogP contribution in [0.4, 0.5) is 0 Å². The third-order valence-corrected chi connectivity index (χ3v) is 3.15. The van der Waals surface area contributed by atoms with E-state index in [4.69, 9.17) is 11.5 Å². The van der Waals surface area contributed by atoms with Gasteiger partial charge in [0, 0.05) is 30.8 Å². The number of carbonyl (C=O) groups excluding carboxylic acids is 2. The molecular formula is C14H17N3O2. The average molecular weight is 259 g/mol. The van der Waals surface area contributed by atoms with Crippen molar-refractivity contribution in [3.8, 4) is 0 Å². The number of nitrogens with two attached hydrogens (primary N) is 2. The standard InChI is InChI=1S/C14H17N3O2/c15-12-7-8-17(9-12)13(18)6-3-10-1-4-11(5-2-10)14(16)19/h1-6,12H,7-9,15H2,(H2,16,19)/b6-3+/t12-/m1/s1. The van der Waals surface area contributed by atoms with Gasteiger partial charge >= 0.3 is 0 Å². The van der Waals surface area contributed by atoms with Crippen LogP contribution >= 0.6 is 0 Å². The van der Waals surface area contributed by atoms with Crippen molar-refractivity contribution < 1.29 is 9.59 Å². The van der Waals surface area contributed by atoms with Crippen LogP contribution in [0.15, 0.2) is 30.3 Å². The molecule has 1 aromatic carbocycles. The van der Waals surface area contributed by atoms with E-state index in [0.29, 0.717) is 18.7 Å². The highest BCUT2D eigenvalue weighted by Gasteiger charge is 2.21. The summed E-state index contributed by atoms with van der Waals surface area (Å²) in [5.41, 5.74) is 12.2. The van der Waals surface area contributed by atoms with Gasteiger partial charge in [-0.05, 0) is 30.2 Å². The van der Waals surface area contributed by atoms with Crippen molar-refractivity contribution in [2.75, 3.05) is 13.1 Å². The number of amides is 2. The zero-order chi connectivity index (χ0) is 13.8. The van der Waals surface area contributed by atoms with Crippen LogP contribution in [0.25, 0.3) is 6.08 Å². The summed E-state index contributed by atoms with van der Waals surface area (Å²) in [6.07, 6.45) is 4.10. The number of rotatable bonds is 3. The second-order valence-corrected chi connectivity index (χ2v) is 4.65. The van der Waals surface area contributed by atoms with Gasteiger partial charge in [-0.3, -0.25) is 9.59 Å². The predicted molar refractivity (Wildman–Crippen MR) is 73.2 cm³/mol. The van der Waals surface area contributed by atoms with Gasteiger partial charge in [0.1, 0.15) is 0 Å². The van der Waals surface area contributed by atoms with Crippen LogP contribution in [0.2, 0.25) is 0 Å². The Morgan fingerprint density at radius 1 is 1.26 bits per heavy atom. The molecular weight excluding hydrogens is 242 g/mol. The van der Waals surface area contributed by atoms with Crippen LogP contribution in [0, 0.1) is 0 Å². The fourth-order valence-corrected chi connectivity index (χ4v) is 2.02. The third kappa shape index (κ3) is 3.42. The van der Waals surface area contributed by atoms with E-state index in [-0.39, 0.29) is 11.9 Å². The first kappa shape index (κ1) is 13.3. The first-order valence-corrected chi connectivity index (χ1v) is 6.18. The number of nitrogens with zero attached hydrogens (tertiary/aromatic N) is 1. The van der Waals surface area contributed by atoms with Gasteiger partial charge in [-0.25, -0.2) is 0 Å². The van der Waals surface area contributed by atoms with Crippen molar-refractivity contribution in [2.24, 2.45) is 11.5 Å². The molecule has 2 amide bonds. The average Bonchev–Trinajstić information content (AvgIpc) is 2.83. The van der Waals surface area contributed by atoms with Crippen LogP contribution in [-0.4, -0.2) is 35.8 Å². The molecule has 1 aliphatic heterocycles. The molecule has 2 rings (SSSR count). The Morgan fingerprint density at radius 2 is 1.95 bits per heavy atom. The molecule has 100 valence electrons. The van der Waals surface area contributed by atoms with E-state index >= 15 is 0 Å². The molecule has 1 aliphatic rings. The Hall–Kier alpha value is -2.14. The lowest BCUT2D eigenvalue weighted by molar-refractivity contribution is -0.124. The zero-order valence-corrected chi connectivity index (χ0v) is 10.6. The largest absolute Gasteiger partial charge is 0.366 e. The van der Waals surface area contributed by atoms with Crippen LogP contribution < -0.4 is 11.5 Å². The van der Waals surface area contributed by atoms with Gasteiger partial charge in [-0.2, -0.15) is 0 Å². The summed E-state index contributed by atoms with van der Waals surface area (Å²) < 4.78 is 0. The normalized spacial score (nSPS) is 19.0. The summed E-state index contributed by atoms with van der Waals surface area (Å²) in [7, 11) is 0. The lowest BCUT2D eigenvalue weighted by Gasteiger charge is -2.12. The number of likely N-dealkylation sites (tertiary alicyclic amines) is 1. The van der Waals surface area contributed by atoms with E-state index in [1.54, 1.807) is 35.2 Å². The van der Waals surface area contributed by atoms with Gasteiger partial charge in [0.2, 0.25) is 11.8 Å². The van der Waals surface area contributed by atoms with Crippen molar-refractivity contribution in [3.63, 3.8) is 0 Å². The first-order chi connectivity index (χ1) is 9.06. The number of carbonyl (C=O) groups is 2. The van der Waals surface area contributed by atoms with Crippen molar-refractivity contribution in [2.45, 2.75) is 12.5 Å². The number of primary amides is 1. The van der Waals surface area contributed by atoms with E-state index in [0.717, 1.165) is 12.0 Å². The SMILES string of the molecule is NC(=O)c1ccc(/C=C/C(=O)N2CC[C@@H](N)C2)cc1. The molecule has 5 nitrogen and oxygen atoms in total. The fraction of sp³-hybridized carbons (Fsp3) is 0.286. The smallest absolute Gasteiger partial charge is 0.248 e. The maximum Gasteiger partial charge on any atom is 0.248 e. The molecule has 0 spiro atoms. The Bertz CT molecular complexity index is 508. The zero-order valence-electron chi connectivity index (χ0n) is 10.6. The third-order valence-electron chi connectivity index (χ3n) is 3.15. The van der Waals surface area contributed by atoms with Crippen molar-refractivity contribution in [3.05, 3.63) is 41.5 Å². The number of hydrogen-bond acceptors (Lipinski definition) is 3. The molecule has 4 N–H and O–H groups in total. The lowest BCUT2D eigenvalue weighted by atomic mass is 10.1. The van der Waals surface area contributed by atoms with Gasteiger partial charge in [-0.1, -0.05) is 12.1 Å². The minimum absolute atomic E-state index is 0.0353. The maximum absolute atomic E-state index is 11.8. The monoisotopic (exact) mass is 259 g/mol. The molecule has 19 heavy (non-hydrogen) atoms. The lowest BCUT2D eigenvalue weighted by Crippen LogP contribution is -2.30. The quantitative estimate of drug-likeness (QED) is 0.768. The summed E-state index contributed by atoms with van der Waals surface area (Å²) in [5, 5.41) is 0. The Morgan fingerprint density at radius 3 is 2.47 bits per heavy atom.